The zero-order chi connectivity index (χ0) is 12.3. The zero-order valence-electron chi connectivity index (χ0n) is 10.8. The first-order chi connectivity index (χ1) is 8.19. The Kier molecular flexibility index (Phi) is 5.04. The van der Waals surface area contributed by atoms with Gasteiger partial charge < -0.3 is 0 Å². The van der Waals surface area contributed by atoms with E-state index in [-0.39, 0.29) is 0 Å². The molecule has 17 heavy (non-hydrogen) atoms. The number of aryl methyl sites for hydroxylation is 1. The van der Waals surface area contributed by atoms with Crippen LogP contribution in [-0.4, -0.2) is 9.81 Å². The van der Waals surface area contributed by atoms with Crippen molar-refractivity contribution in [3.05, 3.63) is 16.1 Å². The van der Waals surface area contributed by atoms with Crippen LogP contribution < -0.4 is 0 Å². The summed E-state index contributed by atoms with van der Waals surface area (Å²) in [7, 11) is 0. The summed E-state index contributed by atoms with van der Waals surface area (Å²) in [4.78, 5) is 5.32. The highest BCUT2D eigenvalue weighted by molar-refractivity contribution is 9.09. The Morgan fingerprint density at radius 1 is 1.47 bits per heavy atom. The van der Waals surface area contributed by atoms with Crippen molar-refractivity contribution in [2.24, 2.45) is 11.8 Å². The minimum Gasteiger partial charge on any atom is -0.247 e. The van der Waals surface area contributed by atoms with Gasteiger partial charge in [-0.15, -0.1) is 11.3 Å². The van der Waals surface area contributed by atoms with Crippen LogP contribution in [0.4, 0.5) is 0 Å². The van der Waals surface area contributed by atoms with Crippen LogP contribution in [0.3, 0.4) is 0 Å². The van der Waals surface area contributed by atoms with Gasteiger partial charge in [0, 0.05) is 22.3 Å². The largest absolute Gasteiger partial charge is 0.247 e. The smallest absolute Gasteiger partial charge is 0.0931 e. The van der Waals surface area contributed by atoms with E-state index < -0.39 is 0 Å². The Morgan fingerprint density at radius 3 is 2.94 bits per heavy atom. The molecule has 3 unspecified atom stereocenters. The average molecular weight is 316 g/mol. The molecule has 0 radical (unpaired) electrons. The molecule has 0 N–H and O–H groups in total. The zero-order valence-corrected chi connectivity index (χ0v) is 13.2. The number of hydrogen-bond acceptors (Lipinski definition) is 2. The number of rotatable bonds is 4. The molecule has 0 spiro atoms. The molecular weight excluding hydrogens is 294 g/mol. The van der Waals surface area contributed by atoms with Gasteiger partial charge >= 0.3 is 0 Å². The molecule has 96 valence electrons. The number of nitrogens with zero attached hydrogens (tertiary/aromatic N) is 1. The van der Waals surface area contributed by atoms with Crippen molar-refractivity contribution >= 4 is 27.3 Å². The predicted molar refractivity (Wildman–Crippen MR) is 79.0 cm³/mol. The number of halogens is 1. The molecule has 0 saturated heterocycles. The summed E-state index contributed by atoms with van der Waals surface area (Å²) in [5.41, 5.74) is 1.18. The second-order valence-electron chi connectivity index (χ2n) is 5.33. The summed E-state index contributed by atoms with van der Waals surface area (Å²) in [6.07, 6.45) is 8.07. The van der Waals surface area contributed by atoms with E-state index in [0.29, 0.717) is 4.83 Å². The van der Waals surface area contributed by atoms with Crippen molar-refractivity contribution in [3.63, 3.8) is 0 Å². The predicted octanol–water partition coefficient (Wildman–Crippen LogP) is 4.97. The van der Waals surface area contributed by atoms with Crippen molar-refractivity contribution in [3.8, 4) is 0 Å². The van der Waals surface area contributed by atoms with Crippen LogP contribution >= 0.6 is 27.3 Å². The number of hydrogen-bond donors (Lipinski definition) is 0. The highest BCUT2D eigenvalue weighted by Gasteiger charge is 2.29. The Morgan fingerprint density at radius 2 is 2.29 bits per heavy atom. The van der Waals surface area contributed by atoms with E-state index in [9.17, 15) is 0 Å². The molecule has 2 rings (SSSR count). The lowest BCUT2D eigenvalue weighted by atomic mass is 9.78. The minimum absolute atomic E-state index is 0.708. The highest BCUT2D eigenvalue weighted by atomic mass is 79.9. The second-order valence-corrected chi connectivity index (χ2v) is 7.45. The molecule has 0 aliphatic heterocycles. The van der Waals surface area contributed by atoms with Gasteiger partial charge in [0.05, 0.1) is 5.01 Å². The van der Waals surface area contributed by atoms with Gasteiger partial charge in [-0.25, -0.2) is 4.98 Å². The highest BCUT2D eigenvalue weighted by Crippen LogP contribution is 2.38. The molecule has 1 aliphatic carbocycles. The van der Waals surface area contributed by atoms with Gasteiger partial charge in [-0.2, -0.15) is 0 Å². The van der Waals surface area contributed by atoms with E-state index in [4.69, 9.17) is 0 Å². The fourth-order valence-electron chi connectivity index (χ4n) is 2.93. The summed E-state index contributed by atoms with van der Waals surface area (Å²) in [5.74, 6) is 1.76. The number of aromatic nitrogens is 1. The molecule has 3 heteroatoms. The lowest BCUT2D eigenvalue weighted by Gasteiger charge is -2.32. The van der Waals surface area contributed by atoms with Gasteiger partial charge in [-0.3, -0.25) is 0 Å². The van der Waals surface area contributed by atoms with Crippen LogP contribution in [0, 0.1) is 18.8 Å². The average Bonchev–Trinajstić information content (AvgIpc) is 2.69. The first-order valence-corrected chi connectivity index (χ1v) is 8.53. The summed E-state index contributed by atoms with van der Waals surface area (Å²) in [6, 6.07) is 0. The summed E-state index contributed by atoms with van der Waals surface area (Å²) < 4.78 is 0. The van der Waals surface area contributed by atoms with Gasteiger partial charge in [0.1, 0.15) is 0 Å². The molecule has 3 atom stereocenters. The third-order valence-corrected chi connectivity index (χ3v) is 5.99. The minimum atomic E-state index is 0.708. The monoisotopic (exact) mass is 315 g/mol. The topological polar surface area (TPSA) is 12.9 Å². The molecule has 1 fully saturated rings. The van der Waals surface area contributed by atoms with Crippen LogP contribution in [0.15, 0.2) is 5.38 Å². The van der Waals surface area contributed by atoms with Gasteiger partial charge in [0.2, 0.25) is 0 Å². The third-order valence-electron chi connectivity index (χ3n) is 3.80. The maximum Gasteiger partial charge on any atom is 0.0931 e. The Balaban J connectivity index is 1.93. The maximum atomic E-state index is 4.61. The maximum absolute atomic E-state index is 4.61. The summed E-state index contributed by atoms with van der Waals surface area (Å²) in [5, 5.41) is 3.50. The first kappa shape index (κ1) is 13.5. The number of alkyl halides is 1. The lowest BCUT2D eigenvalue weighted by Crippen LogP contribution is -2.26. The molecule has 1 saturated carbocycles. The molecule has 0 aromatic carbocycles. The van der Waals surface area contributed by atoms with Gasteiger partial charge in [0.25, 0.3) is 0 Å². The van der Waals surface area contributed by atoms with Crippen molar-refractivity contribution in [1.82, 2.24) is 4.98 Å². The van der Waals surface area contributed by atoms with Crippen LogP contribution in [0.25, 0.3) is 0 Å². The van der Waals surface area contributed by atoms with Gasteiger partial charge in [-0.05, 0) is 38.0 Å². The second kappa shape index (κ2) is 6.33. The van der Waals surface area contributed by atoms with Gasteiger partial charge in [0.15, 0.2) is 0 Å². The number of thiazole rings is 1. The molecule has 0 bridgehead atoms. The summed E-state index contributed by atoms with van der Waals surface area (Å²) in [6.45, 7) is 4.39. The Bertz CT molecular complexity index is 350. The standard InChI is InChI=1S/C14H22BrNS/c1-3-4-11-5-6-13(15)12(7-11)8-14-16-10(2)9-17-14/h9,11-13H,3-8H2,1-2H3. The molecule has 1 aliphatic rings. The molecule has 1 heterocycles. The Hall–Kier alpha value is 0.110. The van der Waals surface area contributed by atoms with Crippen LogP contribution in [0.2, 0.25) is 0 Å². The van der Waals surface area contributed by atoms with E-state index in [1.165, 1.54) is 49.2 Å². The quantitative estimate of drug-likeness (QED) is 0.714. The van der Waals surface area contributed by atoms with Gasteiger partial charge in [-0.1, -0.05) is 35.7 Å². The van der Waals surface area contributed by atoms with Crippen LogP contribution in [-0.2, 0) is 6.42 Å². The van der Waals surface area contributed by atoms with E-state index in [1.807, 2.05) is 11.3 Å². The lowest BCUT2D eigenvalue weighted by molar-refractivity contribution is 0.263. The van der Waals surface area contributed by atoms with E-state index in [2.05, 4.69) is 40.1 Å². The molecule has 1 aromatic rings. The van der Waals surface area contributed by atoms with Crippen LogP contribution in [0.1, 0.15) is 49.7 Å². The van der Waals surface area contributed by atoms with Crippen molar-refractivity contribution in [2.75, 3.05) is 0 Å². The van der Waals surface area contributed by atoms with Crippen LogP contribution in [0.5, 0.6) is 0 Å². The molecule has 0 amide bonds. The third kappa shape index (κ3) is 3.78. The SMILES string of the molecule is CCCC1CCC(Br)C(Cc2nc(C)cs2)C1. The van der Waals surface area contributed by atoms with Crippen molar-refractivity contribution in [1.29, 1.82) is 0 Å². The molecule has 1 aromatic heterocycles. The van der Waals surface area contributed by atoms with E-state index >= 15 is 0 Å². The van der Waals surface area contributed by atoms with E-state index in [0.717, 1.165) is 11.8 Å². The Labute approximate surface area is 117 Å². The van der Waals surface area contributed by atoms with Crippen molar-refractivity contribution in [2.45, 2.75) is 57.2 Å². The fraction of sp³-hybridized carbons (Fsp3) is 0.786. The molecule has 1 nitrogen and oxygen atoms in total. The molecular formula is C14H22BrNS. The van der Waals surface area contributed by atoms with E-state index in [1.54, 1.807) is 0 Å². The van der Waals surface area contributed by atoms with Crippen molar-refractivity contribution < 1.29 is 0 Å². The summed E-state index contributed by atoms with van der Waals surface area (Å²) >= 11 is 5.70. The fourth-order valence-corrected chi connectivity index (χ4v) is 4.46. The first-order valence-electron chi connectivity index (χ1n) is 6.74. The normalized spacial score (nSPS) is 29.5.